The number of nitrogens with one attached hydrogen (secondary N) is 1. The van der Waals surface area contributed by atoms with Crippen molar-refractivity contribution in [2.75, 3.05) is 13.2 Å². The summed E-state index contributed by atoms with van der Waals surface area (Å²) in [4.78, 5) is 4.00. The molecule has 1 aromatic rings. The highest BCUT2D eigenvalue weighted by molar-refractivity contribution is 5.18. The van der Waals surface area contributed by atoms with Gasteiger partial charge in [0.1, 0.15) is 0 Å². The highest BCUT2D eigenvalue weighted by atomic mass is 16.5. The first-order valence-electron chi connectivity index (χ1n) is 8.24. The Morgan fingerprint density at radius 2 is 2.10 bits per heavy atom. The largest absolute Gasteiger partial charge is 0.387 e. The molecule has 2 aliphatic carbocycles. The molecule has 4 atom stereocenters. The molecule has 114 valence electrons. The molecule has 4 nitrogen and oxygen atoms in total. The fourth-order valence-corrected chi connectivity index (χ4v) is 4.95. The lowest BCUT2D eigenvalue weighted by Gasteiger charge is -2.57. The molecule has 2 heterocycles. The first-order chi connectivity index (χ1) is 10.3. The van der Waals surface area contributed by atoms with Crippen LogP contribution in [0.1, 0.15) is 43.8 Å². The molecule has 4 heteroatoms. The van der Waals surface area contributed by atoms with Gasteiger partial charge in [-0.2, -0.15) is 0 Å². The van der Waals surface area contributed by atoms with Crippen LogP contribution >= 0.6 is 0 Å². The van der Waals surface area contributed by atoms with Crippen molar-refractivity contribution >= 4 is 0 Å². The molecule has 3 aliphatic rings. The summed E-state index contributed by atoms with van der Waals surface area (Å²) in [6.45, 7) is 1.54. The Morgan fingerprint density at radius 1 is 1.33 bits per heavy atom. The third-order valence-corrected chi connectivity index (χ3v) is 5.91. The first kappa shape index (κ1) is 13.7. The Balaban J connectivity index is 1.42. The topological polar surface area (TPSA) is 54.4 Å². The molecule has 4 unspecified atom stereocenters. The van der Waals surface area contributed by atoms with Crippen molar-refractivity contribution in [2.24, 2.45) is 11.3 Å². The standard InChI is InChI=1S/C17H24N2O2/c20-14(12-3-8-18-9-4-12)11-19-15-13-5-10-21-16(13)17(15)6-1-2-7-17/h3-4,8-9,13-16,19-20H,1-2,5-7,10-11H2. The minimum absolute atomic E-state index is 0.360. The van der Waals surface area contributed by atoms with Gasteiger partial charge in [0.15, 0.2) is 0 Å². The van der Waals surface area contributed by atoms with Crippen LogP contribution < -0.4 is 5.32 Å². The van der Waals surface area contributed by atoms with Gasteiger partial charge >= 0.3 is 0 Å². The van der Waals surface area contributed by atoms with Crippen LogP contribution in [0.2, 0.25) is 0 Å². The zero-order valence-corrected chi connectivity index (χ0v) is 12.4. The summed E-state index contributed by atoms with van der Waals surface area (Å²) >= 11 is 0. The van der Waals surface area contributed by atoms with E-state index in [0.717, 1.165) is 12.2 Å². The molecule has 0 radical (unpaired) electrons. The number of hydrogen-bond acceptors (Lipinski definition) is 4. The minimum atomic E-state index is -0.451. The molecule has 2 N–H and O–H groups in total. The van der Waals surface area contributed by atoms with E-state index < -0.39 is 6.10 Å². The lowest BCUT2D eigenvalue weighted by Crippen LogP contribution is -2.67. The van der Waals surface area contributed by atoms with Crippen LogP contribution in [0.25, 0.3) is 0 Å². The molecule has 21 heavy (non-hydrogen) atoms. The van der Waals surface area contributed by atoms with E-state index in [0.29, 0.717) is 30.0 Å². The fraction of sp³-hybridized carbons (Fsp3) is 0.706. The third-order valence-electron chi connectivity index (χ3n) is 5.91. The molecular formula is C17H24N2O2. The summed E-state index contributed by atoms with van der Waals surface area (Å²) in [5.41, 5.74) is 1.30. The van der Waals surface area contributed by atoms with E-state index in [1.165, 1.54) is 32.1 Å². The number of nitrogens with zero attached hydrogens (tertiary/aromatic N) is 1. The van der Waals surface area contributed by atoms with Crippen molar-refractivity contribution < 1.29 is 9.84 Å². The number of hydrogen-bond donors (Lipinski definition) is 2. The number of aromatic nitrogens is 1. The molecule has 1 spiro atoms. The average molecular weight is 288 g/mol. The Bertz CT molecular complexity index is 487. The van der Waals surface area contributed by atoms with E-state index in [9.17, 15) is 5.11 Å². The van der Waals surface area contributed by atoms with Crippen molar-refractivity contribution in [3.8, 4) is 0 Å². The lowest BCUT2D eigenvalue weighted by atomic mass is 9.54. The van der Waals surface area contributed by atoms with Crippen LogP contribution in [0.15, 0.2) is 24.5 Å². The average Bonchev–Trinajstić information content (AvgIpc) is 3.16. The van der Waals surface area contributed by atoms with Gasteiger partial charge in [-0.25, -0.2) is 0 Å². The first-order valence-corrected chi connectivity index (χ1v) is 8.24. The molecule has 2 saturated carbocycles. The molecule has 0 aromatic carbocycles. The van der Waals surface area contributed by atoms with Crippen molar-refractivity contribution in [3.63, 3.8) is 0 Å². The molecule has 3 fully saturated rings. The second kappa shape index (κ2) is 5.34. The van der Waals surface area contributed by atoms with E-state index in [4.69, 9.17) is 4.74 Å². The third kappa shape index (κ3) is 2.12. The number of rotatable bonds is 4. The van der Waals surface area contributed by atoms with E-state index >= 15 is 0 Å². The summed E-state index contributed by atoms with van der Waals surface area (Å²) in [5.74, 6) is 0.660. The lowest BCUT2D eigenvalue weighted by molar-refractivity contribution is -0.132. The van der Waals surface area contributed by atoms with Gasteiger partial charge in [-0.1, -0.05) is 12.8 Å². The second-order valence-corrected chi connectivity index (χ2v) is 6.87. The van der Waals surface area contributed by atoms with Crippen molar-refractivity contribution in [2.45, 2.75) is 50.4 Å². The highest BCUT2D eigenvalue weighted by Gasteiger charge is 2.64. The van der Waals surface area contributed by atoms with Gasteiger partial charge in [-0.05, 0) is 37.0 Å². The summed E-state index contributed by atoms with van der Waals surface area (Å²) in [6.07, 6.45) is 9.92. The Hall–Kier alpha value is -0.970. The maximum Gasteiger partial charge on any atom is 0.0915 e. The van der Waals surface area contributed by atoms with Gasteiger partial charge in [0.2, 0.25) is 0 Å². The number of fused-ring (bicyclic) bond motifs is 2. The Labute approximate surface area is 125 Å². The van der Waals surface area contributed by atoms with Gasteiger partial charge < -0.3 is 15.2 Å². The van der Waals surface area contributed by atoms with Gasteiger partial charge in [-0.15, -0.1) is 0 Å². The normalized spacial score (nSPS) is 34.6. The van der Waals surface area contributed by atoms with Gasteiger partial charge in [0.25, 0.3) is 0 Å². The second-order valence-electron chi connectivity index (χ2n) is 6.87. The van der Waals surface area contributed by atoms with Gasteiger partial charge in [0.05, 0.1) is 12.2 Å². The predicted octanol–water partition coefficient (Wildman–Crippen LogP) is 2.05. The highest BCUT2D eigenvalue weighted by Crippen LogP contribution is 2.60. The fourth-order valence-electron chi connectivity index (χ4n) is 4.95. The minimum Gasteiger partial charge on any atom is -0.387 e. The SMILES string of the molecule is OC(CNC1C2CCOC2C12CCCC2)c1ccncc1. The van der Waals surface area contributed by atoms with Crippen molar-refractivity contribution in [3.05, 3.63) is 30.1 Å². The van der Waals surface area contributed by atoms with Gasteiger partial charge in [-0.3, -0.25) is 4.98 Å². The van der Waals surface area contributed by atoms with Gasteiger partial charge in [0, 0.05) is 42.9 Å². The molecule has 0 bridgehead atoms. The quantitative estimate of drug-likeness (QED) is 0.890. The number of aliphatic hydroxyl groups excluding tert-OH is 1. The summed E-state index contributed by atoms with van der Waals surface area (Å²) in [6, 6.07) is 4.31. The number of aliphatic hydroxyl groups is 1. The smallest absolute Gasteiger partial charge is 0.0915 e. The van der Waals surface area contributed by atoms with Crippen molar-refractivity contribution in [1.29, 1.82) is 0 Å². The number of pyridine rings is 1. The van der Waals surface area contributed by atoms with Crippen LogP contribution in [0.4, 0.5) is 0 Å². The summed E-state index contributed by atoms with van der Waals surface area (Å²) in [7, 11) is 0. The molecule has 1 saturated heterocycles. The van der Waals surface area contributed by atoms with Crippen LogP contribution in [0, 0.1) is 11.3 Å². The zero-order chi connectivity index (χ0) is 14.3. The Kier molecular flexibility index (Phi) is 3.48. The van der Waals surface area contributed by atoms with E-state index in [1.807, 2.05) is 12.1 Å². The zero-order valence-electron chi connectivity index (χ0n) is 12.4. The van der Waals surface area contributed by atoms with Crippen LogP contribution in [0.3, 0.4) is 0 Å². The van der Waals surface area contributed by atoms with Crippen LogP contribution in [-0.2, 0) is 4.74 Å². The van der Waals surface area contributed by atoms with Crippen molar-refractivity contribution in [1.82, 2.24) is 10.3 Å². The predicted molar refractivity (Wildman–Crippen MR) is 79.7 cm³/mol. The molecule has 1 aromatic heterocycles. The molecular weight excluding hydrogens is 264 g/mol. The van der Waals surface area contributed by atoms with E-state index in [-0.39, 0.29) is 0 Å². The summed E-state index contributed by atoms with van der Waals surface area (Å²) < 4.78 is 6.00. The number of ether oxygens (including phenoxy) is 1. The summed E-state index contributed by atoms with van der Waals surface area (Å²) in [5, 5.41) is 14.0. The van der Waals surface area contributed by atoms with Crippen LogP contribution in [0.5, 0.6) is 0 Å². The molecule has 4 rings (SSSR count). The van der Waals surface area contributed by atoms with E-state index in [1.54, 1.807) is 12.4 Å². The monoisotopic (exact) mass is 288 g/mol. The van der Waals surface area contributed by atoms with Crippen LogP contribution in [-0.4, -0.2) is 35.4 Å². The Morgan fingerprint density at radius 3 is 2.86 bits per heavy atom. The maximum atomic E-state index is 10.3. The maximum absolute atomic E-state index is 10.3. The van der Waals surface area contributed by atoms with E-state index in [2.05, 4.69) is 10.3 Å². The molecule has 1 aliphatic heterocycles. The molecule has 0 amide bonds.